The van der Waals surface area contributed by atoms with E-state index in [0.717, 1.165) is 6.26 Å². The normalized spacial score (nSPS) is 11.9. The van der Waals surface area contributed by atoms with Crippen LogP contribution in [0.1, 0.15) is 0 Å². The molecule has 0 spiro atoms. The summed E-state index contributed by atoms with van der Waals surface area (Å²) in [5.41, 5.74) is 0.00565. The molecule has 0 fully saturated rings. The van der Waals surface area contributed by atoms with Gasteiger partial charge in [-0.3, -0.25) is 4.79 Å². The van der Waals surface area contributed by atoms with E-state index in [4.69, 9.17) is 11.6 Å². The van der Waals surface area contributed by atoms with Gasteiger partial charge in [0.05, 0.1) is 10.5 Å². The van der Waals surface area contributed by atoms with E-state index < -0.39 is 15.4 Å². The number of aryl methyl sites for hydroxylation is 1. The number of benzene rings is 1. The second kappa shape index (κ2) is 3.85. The summed E-state index contributed by atoms with van der Waals surface area (Å²) in [4.78, 5) is 11.6. The molecule has 1 heterocycles. The Morgan fingerprint density at radius 1 is 1.24 bits per heavy atom. The second-order valence-corrected chi connectivity index (χ2v) is 6.13. The first-order valence-corrected chi connectivity index (χ1v) is 7.08. The molecule has 0 bridgehead atoms. The van der Waals surface area contributed by atoms with Gasteiger partial charge in [-0.15, -0.1) is 0 Å². The van der Waals surface area contributed by atoms with Gasteiger partial charge in [-0.05, 0) is 6.07 Å². The number of nitrogens with zero attached hydrogens (tertiary/aromatic N) is 1. The van der Waals surface area contributed by atoms with Crippen LogP contribution in [0, 0.1) is 0 Å². The molecule has 0 amide bonds. The van der Waals surface area contributed by atoms with Crippen LogP contribution >= 0.6 is 11.6 Å². The van der Waals surface area contributed by atoms with Crippen LogP contribution in [0.25, 0.3) is 10.9 Å². The molecule has 0 aliphatic carbocycles. The van der Waals surface area contributed by atoms with Crippen molar-refractivity contribution in [1.29, 1.82) is 0 Å². The van der Waals surface area contributed by atoms with Crippen LogP contribution in [0.4, 0.5) is 0 Å². The first-order chi connectivity index (χ1) is 7.84. The molecule has 0 saturated heterocycles. The lowest BCUT2D eigenvalue weighted by Gasteiger charge is -2.09. The monoisotopic (exact) mass is 271 g/mol. The van der Waals surface area contributed by atoms with Gasteiger partial charge < -0.3 is 4.57 Å². The minimum absolute atomic E-state index is 0.00815. The molecule has 1 aromatic heterocycles. The molecule has 0 radical (unpaired) electrons. The van der Waals surface area contributed by atoms with Crippen molar-refractivity contribution in [3.8, 4) is 0 Å². The molecule has 0 aliphatic rings. The number of rotatable bonds is 1. The summed E-state index contributed by atoms with van der Waals surface area (Å²) >= 11 is 6.01. The van der Waals surface area contributed by atoms with Gasteiger partial charge in [0.25, 0.3) is 5.56 Å². The molecule has 17 heavy (non-hydrogen) atoms. The van der Waals surface area contributed by atoms with Gasteiger partial charge in [0.15, 0.2) is 14.7 Å². The van der Waals surface area contributed by atoms with Crippen LogP contribution in [0.5, 0.6) is 0 Å². The van der Waals surface area contributed by atoms with Gasteiger partial charge in [0.2, 0.25) is 0 Å². The third kappa shape index (κ3) is 1.85. The molecule has 0 N–H and O–H groups in total. The van der Waals surface area contributed by atoms with Gasteiger partial charge in [-0.1, -0.05) is 29.8 Å². The van der Waals surface area contributed by atoms with E-state index in [0.29, 0.717) is 10.9 Å². The first-order valence-electron chi connectivity index (χ1n) is 4.81. The molecule has 6 heteroatoms. The Hall–Kier alpha value is -1.33. The zero-order valence-corrected chi connectivity index (χ0v) is 10.8. The molecule has 0 atom stereocenters. The van der Waals surface area contributed by atoms with Gasteiger partial charge in [-0.25, -0.2) is 8.42 Å². The second-order valence-electron chi connectivity index (χ2n) is 3.80. The fourth-order valence-corrected chi connectivity index (χ4v) is 3.30. The van der Waals surface area contributed by atoms with Crippen LogP contribution in [0.15, 0.2) is 34.0 Å². The Kier molecular flexibility index (Phi) is 2.75. The fraction of sp³-hybridized carbons (Fsp3) is 0.182. The summed E-state index contributed by atoms with van der Waals surface area (Å²) in [6.45, 7) is 0. The van der Waals surface area contributed by atoms with Crippen LogP contribution < -0.4 is 5.56 Å². The van der Waals surface area contributed by atoms with Gasteiger partial charge in [0, 0.05) is 18.7 Å². The molecule has 2 aromatic rings. The molecular weight excluding hydrogens is 262 g/mol. The summed E-state index contributed by atoms with van der Waals surface area (Å²) in [6.07, 6.45) is 0.977. The average Bonchev–Trinajstić information content (AvgIpc) is 2.24. The summed E-state index contributed by atoms with van der Waals surface area (Å²) in [7, 11) is -2.12. The van der Waals surface area contributed by atoms with Crippen molar-refractivity contribution in [2.45, 2.75) is 4.90 Å². The predicted molar refractivity (Wildman–Crippen MR) is 67.3 cm³/mol. The Balaban J connectivity index is 3.14. The SMILES string of the molecule is Cn1c(=O)c(S(C)(=O)=O)c(Cl)c2ccccc21. The molecular formula is C11H10ClNO3S. The number of aromatic nitrogens is 1. The third-order valence-electron chi connectivity index (χ3n) is 2.57. The van der Waals surface area contributed by atoms with Crippen LogP contribution in [-0.2, 0) is 16.9 Å². The molecule has 2 rings (SSSR count). The minimum atomic E-state index is -3.64. The van der Waals surface area contributed by atoms with E-state index >= 15 is 0 Å². The Labute approximate surface area is 103 Å². The lowest BCUT2D eigenvalue weighted by Crippen LogP contribution is -2.24. The summed E-state index contributed by atoms with van der Waals surface area (Å²) in [6, 6.07) is 6.91. The number of halogens is 1. The largest absolute Gasteiger partial charge is 0.310 e. The standard InChI is InChI=1S/C11H10ClNO3S/c1-13-8-6-4-3-5-7(8)9(12)10(11(13)14)17(2,15)16/h3-6H,1-2H3. The highest BCUT2D eigenvalue weighted by atomic mass is 35.5. The molecule has 90 valence electrons. The van der Waals surface area contributed by atoms with Crippen molar-refractivity contribution in [3.63, 3.8) is 0 Å². The Bertz CT molecular complexity index is 762. The van der Waals surface area contributed by atoms with E-state index in [1.807, 2.05) is 0 Å². The maximum absolute atomic E-state index is 11.9. The summed E-state index contributed by atoms with van der Waals surface area (Å²) in [5, 5.41) is 0.544. The Morgan fingerprint density at radius 3 is 2.41 bits per heavy atom. The van der Waals surface area contributed by atoms with Gasteiger partial charge in [0.1, 0.15) is 0 Å². The van der Waals surface area contributed by atoms with E-state index in [1.165, 1.54) is 11.6 Å². The molecule has 0 aliphatic heterocycles. The lowest BCUT2D eigenvalue weighted by atomic mass is 10.2. The topological polar surface area (TPSA) is 56.1 Å². The highest BCUT2D eigenvalue weighted by molar-refractivity contribution is 7.90. The smallest absolute Gasteiger partial charge is 0.271 e. The number of pyridine rings is 1. The third-order valence-corrected chi connectivity index (χ3v) is 4.20. The maximum atomic E-state index is 11.9. The van der Waals surface area contributed by atoms with Crippen LogP contribution in [-0.4, -0.2) is 19.2 Å². The average molecular weight is 272 g/mol. The summed E-state index contributed by atoms with van der Waals surface area (Å²) in [5.74, 6) is 0. The Morgan fingerprint density at radius 2 is 1.82 bits per heavy atom. The number of hydrogen-bond donors (Lipinski definition) is 0. The summed E-state index contributed by atoms with van der Waals surface area (Å²) < 4.78 is 24.4. The van der Waals surface area contributed by atoms with Crippen molar-refractivity contribution < 1.29 is 8.42 Å². The van der Waals surface area contributed by atoms with Crippen molar-refractivity contribution in [1.82, 2.24) is 4.57 Å². The number of fused-ring (bicyclic) bond motifs is 1. The van der Waals surface area contributed by atoms with Crippen molar-refractivity contribution >= 4 is 32.3 Å². The number of hydrogen-bond acceptors (Lipinski definition) is 3. The minimum Gasteiger partial charge on any atom is -0.310 e. The quantitative estimate of drug-likeness (QED) is 0.792. The molecule has 0 unspecified atom stereocenters. The zero-order chi connectivity index (χ0) is 12.8. The predicted octanol–water partition coefficient (Wildman–Crippen LogP) is 1.60. The number of sulfone groups is 1. The van der Waals surface area contributed by atoms with E-state index in [-0.39, 0.29) is 9.92 Å². The van der Waals surface area contributed by atoms with E-state index in [2.05, 4.69) is 0 Å². The lowest BCUT2D eigenvalue weighted by molar-refractivity contribution is 0.599. The van der Waals surface area contributed by atoms with Crippen molar-refractivity contribution in [2.75, 3.05) is 6.26 Å². The maximum Gasteiger partial charge on any atom is 0.271 e. The molecule has 0 saturated carbocycles. The highest BCUT2D eigenvalue weighted by Crippen LogP contribution is 2.26. The van der Waals surface area contributed by atoms with Gasteiger partial charge in [-0.2, -0.15) is 0 Å². The van der Waals surface area contributed by atoms with Crippen LogP contribution in [0.3, 0.4) is 0 Å². The first kappa shape index (κ1) is 12.1. The van der Waals surface area contributed by atoms with Crippen LogP contribution in [0.2, 0.25) is 5.02 Å². The zero-order valence-electron chi connectivity index (χ0n) is 9.27. The molecule has 1 aromatic carbocycles. The molecule has 4 nitrogen and oxygen atoms in total. The van der Waals surface area contributed by atoms with E-state index in [9.17, 15) is 13.2 Å². The number of para-hydroxylation sites is 1. The van der Waals surface area contributed by atoms with Crippen molar-refractivity contribution in [3.05, 3.63) is 39.6 Å². The van der Waals surface area contributed by atoms with Gasteiger partial charge >= 0.3 is 0 Å². The fourth-order valence-electron chi connectivity index (χ4n) is 1.75. The van der Waals surface area contributed by atoms with E-state index in [1.54, 1.807) is 24.3 Å². The van der Waals surface area contributed by atoms with Crippen molar-refractivity contribution in [2.24, 2.45) is 7.05 Å². The highest BCUT2D eigenvalue weighted by Gasteiger charge is 2.21.